The van der Waals surface area contributed by atoms with Gasteiger partial charge in [0.1, 0.15) is 5.82 Å². The second-order valence-electron chi connectivity index (χ2n) is 5.61. The molecule has 1 saturated carbocycles. The van der Waals surface area contributed by atoms with Gasteiger partial charge in [-0.3, -0.25) is 0 Å². The predicted octanol–water partition coefficient (Wildman–Crippen LogP) is 4.25. The lowest BCUT2D eigenvalue weighted by molar-refractivity contribution is 0.684. The molecule has 0 amide bonds. The Bertz CT molecular complexity index is 596. The van der Waals surface area contributed by atoms with Crippen molar-refractivity contribution in [3.05, 3.63) is 45.2 Å². The molecule has 1 unspecified atom stereocenters. The lowest BCUT2D eigenvalue weighted by Gasteiger charge is -2.26. The number of hydrogen-bond donors (Lipinski definition) is 1. The van der Waals surface area contributed by atoms with Crippen molar-refractivity contribution in [2.45, 2.75) is 38.4 Å². The Morgan fingerprint density at radius 1 is 1.52 bits per heavy atom. The maximum Gasteiger partial charge on any atom is 0.147 e. The van der Waals surface area contributed by atoms with Crippen molar-refractivity contribution in [2.75, 3.05) is 11.9 Å². The molecule has 1 aliphatic rings. The lowest BCUT2D eigenvalue weighted by atomic mass is 10.2. The largest absolute Gasteiger partial charge is 0.351 e. The van der Waals surface area contributed by atoms with Gasteiger partial charge in [-0.15, -0.1) is 11.3 Å². The molecule has 0 bridgehead atoms. The third kappa shape index (κ3) is 3.57. The fraction of sp³-hybridized carbons (Fsp3) is 0.438. The van der Waals surface area contributed by atoms with Gasteiger partial charge < -0.3 is 10.2 Å². The van der Waals surface area contributed by atoms with Crippen LogP contribution in [0.3, 0.4) is 0 Å². The molecule has 2 heterocycles. The quantitative estimate of drug-likeness (QED) is 0.862. The molecule has 2 aromatic rings. The van der Waals surface area contributed by atoms with Crippen LogP contribution in [0.5, 0.6) is 0 Å². The van der Waals surface area contributed by atoms with Crippen LogP contribution in [-0.2, 0) is 6.54 Å². The van der Waals surface area contributed by atoms with E-state index >= 15 is 0 Å². The molecule has 0 radical (unpaired) electrons. The van der Waals surface area contributed by atoms with Gasteiger partial charge in [0.05, 0.1) is 11.1 Å². The summed E-state index contributed by atoms with van der Waals surface area (Å²) in [7, 11) is 2.04. The molecule has 3 nitrogen and oxygen atoms in total. The van der Waals surface area contributed by atoms with E-state index in [0.717, 1.165) is 22.9 Å². The van der Waals surface area contributed by atoms with Crippen molar-refractivity contribution in [3.8, 4) is 0 Å². The summed E-state index contributed by atoms with van der Waals surface area (Å²) in [6.45, 7) is 3.02. The van der Waals surface area contributed by atoms with Crippen molar-refractivity contribution in [2.24, 2.45) is 0 Å². The third-order valence-corrected chi connectivity index (χ3v) is 5.24. The SMILES string of the molecule is CC(c1cccs1)N(C)c1ncc(CNC2CC2)cc1Cl. The van der Waals surface area contributed by atoms with Crippen molar-refractivity contribution < 1.29 is 0 Å². The molecule has 0 spiro atoms. The standard InChI is InChI=1S/C16H20ClN3S/c1-11(15-4-3-7-21-15)20(2)16-14(17)8-12(10-19-16)9-18-13-5-6-13/h3-4,7-8,10-11,13,18H,5-6,9H2,1-2H3. The van der Waals surface area contributed by atoms with Crippen LogP contribution >= 0.6 is 22.9 Å². The van der Waals surface area contributed by atoms with Crippen LogP contribution in [0.1, 0.15) is 36.2 Å². The van der Waals surface area contributed by atoms with Crippen LogP contribution in [0, 0.1) is 0 Å². The Labute approximate surface area is 135 Å². The van der Waals surface area contributed by atoms with Gasteiger partial charge in [0, 0.05) is 30.7 Å². The number of nitrogens with zero attached hydrogens (tertiary/aromatic N) is 2. The second kappa shape index (κ2) is 6.34. The summed E-state index contributed by atoms with van der Waals surface area (Å²) >= 11 is 8.19. The summed E-state index contributed by atoms with van der Waals surface area (Å²) in [5.41, 5.74) is 1.15. The summed E-state index contributed by atoms with van der Waals surface area (Å²) < 4.78 is 0. The first-order valence-corrected chi connectivity index (χ1v) is 8.55. The maximum absolute atomic E-state index is 6.43. The molecule has 1 aliphatic carbocycles. The van der Waals surface area contributed by atoms with Gasteiger partial charge in [-0.2, -0.15) is 0 Å². The van der Waals surface area contributed by atoms with E-state index in [-0.39, 0.29) is 6.04 Å². The summed E-state index contributed by atoms with van der Waals surface area (Å²) in [6.07, 6.45) is 4.51. The topological polar surface area (TPSA) is 28.2 Å². The molecule has 3 rings (SSSR count). The Balaban J connectivity index is 1.71. The smallest absolute Gasteiger partial charge is 0.147 e. The van der Waals surface area contributed by atoms with E-state index in [1.807, 2.05) is 19.3 Å². The van der Waals surface area contributed by atoms with Crippen LogP contribution in [0.2, 0.25) is 5.02 Å². The molecular formula is C16H20ClN3S. The Hall–Kier alpha value is -1.10. The van der Waals surface area contributed by atoms with Crippen molar-refractivity contribution >= 4 is 28.8 Å². The highest BCUT2D eigenvalue weighted by Crippen LogP contribution is 2.31. The van der Waals surface area contributed by atoms with Crippen molar-refractivity contribution in [1.82, 2.24) is 10.3 Å². The third-order valence-electron chi connectivity index (χ3n) is 3.92. The first kappa shape index (κ1) is 14.8. The van der Waals surface area contributed by atoms with E-state index in [1.54, 1.807) is 11.3 Å². The molecule has 112 valence electrons. The second-order valence-corrected chi connectivity index (χ2v) is 6.99. The molecular weight excluding hydrogens is 302 g/mol. The molecule has 5 heteroatoms. The predicted molar refractivity (Wildman–Crippen MR) is 90.2 cm³/mol. The van der Waals surface area contributed by atoms with Crippen LogP contribution in [0.15, 0.2) is 29.8 Å². The summed E-state index contributed by atoms with van der Waals surface area (Å²) in [6, 6.07) is 7.21. The maximum atomic E-state index is 6.43. The van der Waals surface area contributed by atoms with Crippen LogP contribution in [0.25, 0.3) is 0 Å². The number of aromatic nitrogens is 1. The summed E-state index contributed by atoms with van der Waals surface area (Å²) in [5, 5.41) is 6.30. The Morgan fingerprint density at radius 2 is 2.33 bits per heavy atom. The first-order valence-electron chi connectivity index (χ1n) is 7.29. The van der Waals surface area contributed by atoms with Gasteiger partial charge in [0.2, 0.25) is 0 Å². The minimum Gasteiger partial charge on any atom is -0.351 e. The zero-order chi connectivity index (χ0) is 14.8. The van der Waals surface area contributed by atoms with Crippen molar-refractivity contribution in [3.63, 3.8) is 0 Å². The zero-order valence-corrected chi connectivity index (χ0v) is 13.9. The molecule has 0 aliphatic heterocycles. The fourth-order valence-electron chi connectivity index (χ4n) is 2.28. The number of hydrogen-bond acceptors (Lipinski definition) is 4. The molecule has 0 saturated heterocycles. The molecule has 1 atom stereocenters. The van der Waals surface area contributed by atoms with Gasteiger partial charge in [0.25, 0.3) is 0 Å². The van der Waals surface area contributed by atoms with Crippen LogP contribution in [0.4, 0.5) is 5.82 Å². The van der Waals surface area contributed by atoms with Gasteiger partial charge in [-0.05, 0) is 42.8 Å². The molecule has 0 aromatic carbocycles. The molecule has 2 aromatic heterocycles. The molecule has 21 heavy (non-hydrogen) atoms. The lowest BCUT2D eigenvalue weighted by Crippen LogP contribution is -2.22. The highest BCUT2D eigenvalue weighted by atomic mass is 35.5. The van der Waals surface area contributed by atoms with E-state index < -0.39 is 0 Å². The Morgan fingerprint density at radius 3 is 2.95 bits per heavy atom. The number of halogens is 1. The Kier molecular flexibility index (Phi) is 4.48. The normalized spacial score (nSPS) is 16.0. The van der Waals surface area contributed by atoms with E-state index in [1.165, 1.54) is 17.7 Å². The summed E-state index contributed by atoms with van der Waals surface area (Å²) in [5.74, 6) is 0.840. The zero-order valence-electron chi connectivity index (χ0n) is 12.3. The summed E-state index contributed by atoms with van der Waals surface area (Å²) in [4.78, 5) is 8.01. The highest BCUT2D eigenvalue weighted by molar-refractivity contribution is 7.10. The number of pyridine rings is 1. The van der Waals surface area contributed by atoms with Gasteiger partial charge >= 0.3 is 0 Å². The monoisotopic (exact) mass is 321 g/mol. The average molecular weight is 322 g/mol. The first-order chi connectivity index (χ1) is 10.1. The molecule has 1 fully saturated rings. The minimum atomic E-state index is 0.269. The fourth-order valence-corrected chi connectivity index (χ4v) is 3.43. The van der Waals surface area contributed by atoms with Crippen LogP contribution < -0.4 is 10.2 Å². The van der Waals surface area contributed by atoms with Gasteiger partial charge in [-0.1, -0.05) is 17.7 Å². The average Bonchev–Trinajstić information content (AvgIpc) is 3.15. The van der Waals surface area contributed by atoms with Crippen molar-refractivity contribution in [1.29, 1.82) is 0 Å². The van der Waals surface area contributed by atoms with Gasteiger partial charge in [0.15, 0.2) is 0 Å². The van der Waals surface area contributed by atoms with E-state index in [0.29, 0.717) is 6.04 Å². The van der Waals surface area contributed by atoms with Gasteiger partial charge in [-0.25, -0.2) is 4.98 Å². The number of nitrogens with one attached hydrogen (secondary N) is 1. The number of anilines is 1. The van der Waals surface area contributed by atoms with E-state index in [2.05, 4.69) is 39.6 Å². The highest BCUT2D eigenvalue weighted by Gasteiger charge is 2.21. The number of thiophene rings is 1. The van der Waals surface area contributed by atoms with Crippen LogP contribution in [-0.4, -0.2) is 18.1 Å². The van der Waals surface area contributed by atoms with E-state index in [4.69, 9.17) is 11.6 Å². The van der Waals surface area contributed by atoms with E-state index in [9.17, 15) is 0 Å². The number of rotatable bonds is 6. The molecule has 1 N–H and O–H groups in total. The minimum absolute atomic E-state index is 0.269.